The van der Waals surface area contributed by atoms with E-state index >= 15 is 0 Å². The first-order valence-corrected chi connectivity index (χ1v) is 7.75. The molecule has 2 rings (SSSR count). The van der Waals surface area contributed by atoms with E-state index in [1.165, 1.54) is 0 Å². The maximum atomic E-state index is 12.7. The van der Waals surface area contributed by atoms with Crippen molar-refractivity contribution in [2.24, 2.45) is 5.92 Å². The van der Waals surface area contributed by atoms with Crippen LogP contribution >= 0.6 is 0 Å². The molecule has 2 fully saturated rings. The number of carboxylic acid groups (broad SMARTS) is 1. The summed E-state index contributed by atoms with van der Waals surface area (Å²) in [6.45, 7) is 1.77. The Hall–Kier alpha value is -1.10. The maximum absolute atomic E-state index is 12.7. The Labute approximate surface area is 120 Å². The van der Waals surface area contributed by atoms with Crippen LogP contribution < -0.4 is 5.32 Å². The SMILES string of the molecule is CN(C(=O)C1CCNCC1)C1(CC(=O)O)CCCCC1. The fraction of sp³-hybridized carbons (Fsp3) is 0.867. The molecule has 0 spiro atoms. The predicted octanol–water partition coefficient (Wildman–Crippen LogP) is 1.62. The Kier molecular flexibility index (Phi) is 5.02. The Balaban J connectivity index is 2.10. The molecule has 5 heteroatoms. The zero-order chi connectivity index (χ0) is 14.6. The molecule has 2 aliphatic rings. The van der Waals surface area contributed by atoms with Gasteiger partial charge in [-0.3, -0.25) is 9.59 Å². The van der Waals surface area contributed by atoms with E-state index in [9.17, 15) is 14.7 Å². The first-order valence-electron chi connectivity index (χ1n) is 7.75. The van der Waals surface area contributed by atoms with Crippen LogP contribution in [0.2, 0.25) is 0 Å². The van der Waals surface area contributed by atoms with E-state index in [0.717, 1.165) is 58.0 Å². The number of aliphatic carboxylic acids is 1. The van der Waals surface area contributed by atoms with Gasteiger partial charge in [0.25, 0.3) is 0 Å². The first kappa shape index (κ1) is 15.3. The highest BCUT2D eigenvalue weighted by atomic mass is 16.4. The van der Waals surface area contributed by atoms with E-state index in [1.807, 2.05) is 7.05 Å². The molecule has 1 aliphatic carbocycles. The maximum Gasteiger partial charge on any atom is 0.305 e. The molecule has 1 heterocycles. The molecule has 0 unspecified atom stereocenters. The van der Waals surface area contributed by atoms with Crippen molar-refractivity contribution in [2.45, 2.75) is 56.9 Å². The van der Waals surface area contributed by atoms with Gasteiger partial charge in [0.05, 0.1) is 12.0 Å². The second-order valence-corrected chi connectivity index (χ2v) is 6.28. The molecule has 1 amide bonds. The molecule has 1 aliphatic heterocycles. The summed E-state index contributed by atoms with van der Waals surface area (Å²) < 4.78 is 0. The number of nitrogens with zero attached hydrogens (tertiary/aromatic N) is 1. The van der Waals surface area contributed by atoms with E-state index in [4.69, 9.17) is 0 Å². The van der Waals surface area contributed by atoms with Crippen LogP contribution in [0.5, 0.6) is 0 Å². The number of carbonyl (C=O) groups is 2. The molecule has 0 aromatic heterocycles. The zero-order valence-electron chi connectivity index (χ0n) is 12.4. The van der Waals surface area contributed by atoms with Gasteiger partial charge < -0.3 is 15.3 Å². The molecular weight excluding hydrogens is 256 g/mol. The van der Waals surface area contributed by atoms with Crippen LogP contribution in [-0.4, -0.2) is 47.6 Å². The van der Waals surface area contributed by atoms with Gasteiger partial charge in [-0.1, -0.05) is 19.3 Å². The molecule has 1 saturated heterocycles. The third kappa shape index (κ3) is 3.32. The number of carbonyl (C=O) groups excluding carboxylic acids is 1. The highest BCUT2D eigenvalue weighted by Crippen LogP contribution is 2.37. The Morgan fingerprint density at radius 2 is 1.80 bits per heavy atom. The number of rotatable bonds is 4. The van der Waals surface area contributed by atoms with Gasteiger partial charge in [-0.15, -0.1) is 0 Å². The molecule has 5 nitrogen and oxygen atoms in total. The summed E-state index contributed by atoms with van der Waals surface area (Å²) in [4.78, 5) is 25.7. The predicted molar refractivity (Wildman–Crippen MR) is 76.4 cm³/mol. The smallest absolute Gasteiger partial charge is 0.305 e. The number of nitrogens with one attached hydrogen (secondary N) is 1. The molecule has 0 aromatic carbocycles. The lowest BCUT2D eigenvalue weighted by molar-refractivity contribution is -0.148. The molecular formula is C15H26N2O3. The lowest BCUT2D eigenvalue weighted by Crippen LogP contribution is -2.54. The lowest BCUT2D eigenvalue weighted by atomic mass is 9.77. The molecule has 1 saturated carbocycles. The average Bonchev–Trinajstić information content (AvgIpc) is 2.47. The number of hydrogen-bond donors (Lipinski definition) is 2. The van der Waals surface area contributed by atoms with Crippen molar-refractivity contribution < 1.29 is 14.7 Å². The summed E-state index contributed by atoms with van der Waals surface area (Å²) in [6, 6.07) is 0. The second-order valence-electron chi connectivity index (χ2n) is 6.28. The molecule has 20 heavy (non-hydrogen) atoms. The number of carboxylic acids is 1. The van der Waals surface area contributed by atoms with Crippen molar-refractivity contribution in [1.82, 2.24) is 10.2 Å². The van der Waals surface area contributed by atoms with E-state index in [1.54, 1.807) is 4.90 Å². The summed E-state index contributed by atoms with van der Waals surface area (Å²) >= 11 is 0. The van der Waals surface area contributed by atoms with Crippen molar-refractivity contribution >= 4 is 11.9 Å². The molecule has 0 bridgehead atoms. The van der Waals surface area contributed by atoms with Crippen molar-refractivity contribution in [3.8, 4) is 0 Å². The fourth-order valence-electron chi connectivity index (χ4n) is 3.70. The van der Waals surface area contributed by atoms with Gasteiger partial charge in [0.1, 0.15) is 0 Å². The number of hydrogen-bond acceptors (Lipinski definition) is 3. The quantitative estimate of drug-likeness (QED) is 0.822. The zero-order valence-corrected chi connectivity index (χ0v) is 12.4. The van der Waals surface area contributed by atoms with Crippen LogP contribution in [0.1, 0.15) is 51.4 Å². The largest absolute Gasteiger partial charge is 0.481 e. The third-order valence-corrected chi connectivity index (χ3v) is 5.00. The highest BCUT2D eigenvalue weighted by molar-refractivity contribution is 5.80. The minimum atomic E-state index is -0.795. The molecule has 2 N–H and O–H groups in total. The highest BCUT2D eigenvalue weighted by Gasteiger charge is 2.42. The van der Waals surface area contributed by atoms with Crippen LogP contribution in [0.3, 0.4) is 0 Å². The van der Waals surface area contributed by atoms with Crippen LogP contribution in [0.15, 0.2) is 0 Å². The number of piperidine rings is 1. The Bertz CT molecular complexity index is 358. The van der Waals surface area contributed by atoms with Crippen LogP contribution in [0.25, 0.3) is 0 Å². The van der Waals surface area contributed by atoms with E-state index in [2.05, 4.69) is 5.32 Å². The standard InChI is InChI=1S/C15H26N2O3/c1-17(14(20)12-5-9-16-10-6-12)15(11-13(18)19)7-3-2-4-8-15/h12,16H,2-11H2,1H3,(H,18,19). The summed E-state index contributed by atoms with van der Waals surface area (Å²) in [5.74, 6) is -0.583. The minimum absolute atomic E-state index is 0.0637. The van der Waals surface area contributed by atoms with Gasteiger partial charge in [0.15, 0.2) is 0 Å². The fourth-order valence-corrected chi connectivity index (χ4v) is 3.70. The first-order chi connectivity index (χ1) is 9.55. The van der Waals surface area contributed by atoms with Gasteiger partial charge in [-0.25, -0.2) is 0 Å². The average molecular weight is 282 g/mol. The molecule has 0 aromatic rings. The van der Waals surface area contributed by atoms with Crippen LogP contribution in [0, 0.1) is 5.92 Å². The van der Waals surface area contributed by atoms with Crippen molar-refractivity contribution in [3.05, 3.63) is 0 Å². The Morgan fingerprint density at radius 1 is 1.20 bits per heavy atom. The van der Waals surface area contributed by atoms with Gasteiger partial charge in [0, 0.05) is 13.0 Å². The molecule has 0 radical (unpaired) electrons. The lowest BCUT2D eigenvalue weighted by Gasteiger charge is -2.45. The minimum Gasteiger partial charge on any atom is -0.481 e. The molecule has 114 valence electrons. The molecule has 0 atom stereocenters. The summed E-state index contributed by atoms with van der Waals surface area (Å²) in [5.41, 5.74) is -0.452. The summed E-state index contributed by atoms with van der Waals surface area (Å²) in [5, 5.41) is 12.5. The van der Waals surface area contributed by atoms with Crippen LogP contribution in [0.4, 0.5) is 0 Å². The number of amides is 1. The van der Waals surface area contributed by atoms with Crippen molar-refractivity contribution in [1.29, 1.82) is 0 Å². The second kappa shape index (κ2) is 6.57. The topological polar surface area (TPSA) is 69.6 Å². The van der Waals surface area contributed by atoms with Gasteiger partial charge in [-0.05, 0) is 38.8 Å². The van der Waals surface area contributed by atoms with Gasteiger partial charge in [-0.2, -0.15) is 0 Å². The normalized spacial score (nSPS) is 23.2. The van der Waals surface area contributed by atoms with Gasteiger partial charge in [0.2, 0.25) is 5.91 Å². The summed E-state index contributed by atoms with van der Waals surface area (Å²) in [6.07, 6.45) is 6.67. The Morgan fingerprint density at radius 3 is 2.35 bits per heavy atom. The van der Waals surface area contributed by atoms with Crippen molar-refractivity contribution in [3.63, 3.8) is 0 Å². The van der Waals surface area contributed by atoms with E-state index in [-0.39, 0.29) is 18.2 Å². The monoisotopic (exact) mass is 282 g/mol. The van der Waals surface area contributed by atoms with E-state index in [0.29, 0.717) is 0 Å². The van der Waals surface area contributed by atoms with E-state index < -0.39 is 11.5 Å². The third-order valence-electron chi connectivity index (χ3n) is 5.00. The van der Waals surface area contributed by atoms with Crippen LogP contribution in [-0.2, 0) is 9.59 Å². The van der Waals surface area contributed by atoms with Gasteiger partial charge >= 0.3 is 5.97 Å². The summed E-state index contributed by atoms with van der Waals surface area (Å²) in [7, 11) is 1.82. The van der Waals surface area contributed by atoms with Crippen molar-refractivity contribution in [2.75, 3.05) is 20.1 Å².